The van der Waals surface area contributed by atoms with Crippen LogP contribution in [0.2, 0.25) is 0 Å². The monoisotopic (exact) mass is 285 g/mol. The van der Waals surface area contributed by atoms with E-state index in [1.807, 2.05) is 24.3 Å². The Morgan fingerprint density at radius 2 is 1.94 bits per heavy atom. The molecule has 0 N–H and O–H groups in total. The number of alkyl halides is 1. The van der Waals surface area contributed by atoms with Crippen LogP contribution >= 0.6 is 15.9 Å². The molecule has 1 aliphatic heterocycles. The Labute approximate surface area is 105 Å². The zero-order chi connectivity index (χ0) is 11.5. The average Bonchev–Trinajstić information content (AvgIpc) is 2.30. The number of nitrogens with zero attached hydrogens (tertiary/aromatic N) is 1. The minimum atomic E-state index is -0.829. The van der Waals surface area contributed by atoms with Crippen LogP contribution < -0.4 is 0 Å². The fraction of sp³-hybridized carbons (Fsp3) is 0.538. The highest BCUT2D eigenvalue weighted by Crippen LogP contribution is 2.36. The second kappa shape index (κ2) is 5.28. The van der Waals surface area contributed by atoms with Gasteiger partial charge in [0.25, 0.3) is 0 Å². The molecule has 1 aliphatic rings. The summed E-state index contributed by atoms with van der Waals surface area (Å²) in [6.45, 7) is 2.02. The Balaban J connectivity index is 2.07. The van der Waals surface area contributed by atoms with Crippen molar-refractivity contribution in [1.29, 1.82) is 0 Å². The summed E-state index contributed by atoms with van der Waals surface area (Å²) in [5, 5.41) is 0. The third-order valence-electron chi connectivity index (χ3n) is 3.38. The number of rotatable bonds is 2. The first-order chi connectivity index (χ1) is 7.68. The second-order valence-electron chi connectivity index (χ2n) is 4.56. The first-order valence-corrected chi connectivity index (χ1v) is 6.55. The van der Waals surface area contributed by atoms with E-state index in [1.165, 1.54) is 0 Å². The Morgan fingerprint density at radius 1 is 1.31 bits per heavy atom. The van der Waals surface area contributed by atoms with Crippen LogP contribution in [-0.4, -0.2) is 25.0 Å². The molecule has 1 atom stereocenters. The zero-order valence-corrected chi connectivity index (χ0v) is 11.1. The van der Waals surface area contributed by atoms with Gasteiger partial charge < -0.3 is 4.90 Å². The van der Waals surface area contributed by atoms with Gasteiger partial charge in [0.05, 0.1) is 0 Å². The van der Waals surface area contributed by atoms with Gasteiger partial charge in [-0.25, -0.2) is 4.39 Å². The van der Waals surface area contributed by atoms with Crippen molar-refractivity contribution in [3.8, 4) is 0 Å². The molecule has 3 heteroatoms. The third-order valence-corrected chi connectivity index (χ3v) is 4.10. The third kappa shape index (κ3) is 2.64. The first-order valence-electron chi connectivity index (χ1n) is 5.75. The van der Waals surface area contributed by atoms with Crippen LogP contribution in [0.1, 0.15) is 24.6 Å². The molecule has 16 heavy (non-hydrogen) atoms. The molecular formula is C13H17BrFN. The molecule has 1 fully saturated rings. The molecule has 0 bridgehead atoms. The molecule has 1 saturated heterocycles. The fourth-order valence-corrected chi connectivity index (χ4v) is 2.78. The molecular weight excluding hydrogens is 269 g/mol. The van der Waals surface area contributed by atoms with Gasteiger partial charge in [0, 0.05) is 10.0 Å². The van der Waals surface area contributed by atoms with E-state index in [2.05, 4.69) is 27.9 Å². The number of benzene rings is 1. The molecule has 0 amide bonds. The molecule has 1 nitrogen and oxygen atoms in total. The van der Waals surface area contributed by atoms with Crippen LogP contribution in [0.5, 0.6) is 0 Å². The van der Waals surface area contributed by atoms with Crippen molar-refractivity contribution in [2.45, 2.75) is 19.0 Å². The molecule has 88 valence electrons. The van der Waals surface area contributed by atoms with Crippen molar-refractivity contribution in [1.82, 2.24) is 4.90 Å². The molecule has 2 rings (SSSR count). The highest BCUT2D eigenvalue weighted by atomic mass is 79.9. The molecule has 0 aromatic heterocycles. The lowest BCUT2D eigenvalue weighted by Gasteiger charge is -2.31. The predicted molar refractivity (Wildman–Crippen MR) is 68.2 cm³/mol. The lowest BCUT2D eigenvalue weighted by Crippen LogP contribution is -2.31. The molecule has 1 unspecified atom stereocenters. The average molecular weight is 286 g/mol. The normalized spacial score (nSPS) is 20.9. The summed E-state index contributed by atoms with van der Waals surface area (Å²) in [5.74, 6) is 0.176. The Bertz CT molecular complexity index is 348. The van der Waals surface area contributed by atoms with Gasteiger partial charge in [-0.05, 0) is 45.0 Å². The van der Waals surface area contributed by atoms with E-state index in [1.54, 1.807) is 0 Å². The van der Waals surface area contributed by atoms with Crippen molar-refractivity contribution in [2.24, 2.45) is 5.92 Å². The van der Waals surface area contributed by atoms with E-state index < -0.39 is 6.17 Å². The molecule has 0 spiro atoms. The van der Waals surface area contributed by atoms with E-state index in [0.29, 0.717) is 0 Å². The van der Waals surface area contributed by atoms with Gasteiger partial charge in [-0.15, -0.1) is 0 Å². The highest BCUT2D eigenvalue weighted by molar-refractivity contribution is 9.10. The van der Waals surface area contributed by atoms with E-state index in [4.69, 9.17) is 0 Å². The van der Waals surface area contributed by atoms with Crippen LogP contribution in [-0.2, 0) is 0 Å². The van der Waals surface area contributed by atoms with Gasteiger partial charge in [-0.1, -0.05) is 34.1 Å². The van der Waals surface area contributed by atoms with Crippen molar-refractivity contribution < 1.29 is 4.39 Å². The van der Waals surface area contributed by atoms with Crippen molar-refractivity contribution in [3.05, 3.63) is 34.3 Å². The lowest BCUT2D eigenvalue weighted by molar-refractivity contribution is 0.136. The van der Waals surface area contributed by atoms with E-state index in [-0.39, 0.29) is 5.92 Å². The highest BCUT2D eigenvalue weighted by Gasteiger charge is 2.27. The zero-order valence-electron chi connectivity index (χ0n) is 9.50. The molecule has 1 aromatic rings. The quantitative estimate of drug-likeness (QED) is 0.799. The molecule has 1 heterocycles. The lowest BCUT2D eigenvalue weighted by atomic mass is 9.88. The van der Waals surface area contributed by atoms with E-state index in [0.717, 1.165) is 36.0 Å². The van der Waals surface area contributed by atoms with Crippen molar-refractivity contribution in [3.63, 3.8) is 0 Å². The van der Waals surface area contributed by atoms with Crippen LogP contribution in [0.15, 0.2) is 28.7 Å². The van der Waals surface area contributed by atoms with Gasteiger partial charge >= 0.3 is 0 Å². The number of hydrogen-bond donors (Lipinski definition) is 0. The van der Waals surface area contributed by atoms with Gasteiger partial charge in [0.15, 0.2) is 0 Å². The van der Waals surface area contributed by atoms with Crippen molar-refractivity contribution >= 4 is 15.9 Å². The predicted octanol–water partition coefficient (Wildman–Crippen LogP) is 3.80. The van der Waals surface area contributed by atoms with Gasteiger partial charge in [0.2, 0.25) is 0 Å². The molecule has 0 radical (unpaired) electrons. The summed E-state index contributed by atoms with van der Waals surface area (Å²) >= 11 is 3.42. The van der Waals surface area contributed by atoms with Gasteiger partial charge in [-0.3, -0.25) is 0 Å². The summed E-state index contributed by atoms with van der Waals surface area (Å²) in [6, 6.07) is 7.63. The number of halogens is 2. The van der Waals surface area contributed by atoms with Gasteiger partial charge in [-0.2, -0.15) is 0 Å². The smallest absolute Gasteiger partial charge is 0.129 e. The van der Waals surface area contributed by atoms with Crippen LogP contribution in [0.3, 0.4) is 0 Å². The summed E-state index contributed by atoms with van der Waals surface area (Å²) in [6.07, 6.45) is 1.09. The van der Waals surface area contributed by atoms with Crippen LogP contribution in [0, 0.1) is 5.92 Å². The maximum absolute atomic E-state index is 14.4. The fourth-order valence-electron chi connectivity index (χ4n) is 2.27. The Hall–Kier alpha value is -0.410. The van der Waals surface area contributed by atoms with Crippen LogP contribution in [0.4, 0.5) is 4.39 Å². The van der Waals surface area contributed by atoms with E-state index in [9.17, 15) is 4.39 Å². The van der Waals surface area contributed by atoms with Crippen molar-refractivity contribution in [2.75, 3.05) is 20.1 Å². The summed E-state index contributed by atoms with van der Waals surface area (Å²) in [5.41, 5.74) is 0.803. The SMILES string of the molecule is CN1CCC(C(F)c2ccccc2Br)CC1. The minimum Gasteiger partial charge on any atom is -0.306 e. The summed E-state index contributed by atoms with van der Waals surface area (Å²) in [4.78, 5) is 2.27. The van der Waals surface area contributed by atoms with Gasteiger partial charge in [0.1, 0.15) is 6.17 Å². The summed E-state index contributed by atoms with van der Waals surface area (Å²) < 4.78 is 15.3. The maximum atomic E-state index is 14.4. The molecule has 0 saturated carbocycles. The summed E-state index contributed by atoms with van der Waals surface area (Å²) in [7, 11) is 2.10. The maximum Gasteiger partial charge on any atom is 0.129 e. The Kier molecular flexibility index (Phi) is 3.98. The first kappa shape index (κ1) is 12.1. The number of likely N-dealkylation sites (tertiary alicyclic amines) is 1. The second-order valence-corrected chi connectivity index (χ2v) is 5.42. The molecule has 1 aromatic carbocycles. The largest absolute Gasteiger partial charge is 0.306 e. The van der Waals surface area contributed by atoms with Crippen LogP contribution in [0.25, 0.3) is 0 Å². The number of hydrogen-bond acceptors (Lipinski definition) is 1. The standard InChI is InChI=1S/C13H17BrFN/c1-16-8-6-10(7-9-16)13(15)11-4-2-3-5-12(11)14/h2-5,10,13H,6-9H2,1H3. The Morgan fingerprint density at radius 3 is 2.56 bits per heavy atom. The molecule has 0 aliphatic carbocycles. The number of piperidine rings is 1. The van der Waals surface area contributed by atoms with E-state index >= 15 is 0 Å². The minimum absolute atomic E-state index is 0.176. The topological polar surface area (TPSA) is 3.24 Å².